The fourth-order valence-electron chi connectivity index (χ4n) is 3.68. The van der Waals surface area contributed by atoms with Crippen LogP contribution in [0.15, 0.2) is 77.8 Å². The van der Waals surface area contributed by atoms with Gasteiger partial charge in [-0.25, -0.2) is 0 Å². The standard InChI is InChI=1S/C27H23N7O3/c1-34-13-12-31-25(34)18-6-5-9-20(15-18)36-27-32-24(30)23(29)26(33-27)37-22-14-17(16-28)10-11-21(22)35-19-7-3-2-4-8-19/h2-11,14-15H,12-13,29H2,1H3,(H2,30,32,33). The van der Waals surface area contributed by atoms with Crippen LogP contribution in [0.2, 0.25) is 0 Å². The Bertz CT molecular complexity index is 1520. The number of nitrogen functional groups attached to an aromatic ring is 2. The van der Waals surface area contributed by atoms with Crippen LogP contribution in [0.4, 0.5) is 11.5 Å². The number of nitrogens with two attached hydrogens (primary N) is 2. The molecule has 2 heterocycles. The van der Waals surface area contributed by atoms with Gasteiger partial charge < -0.3 is 30.6 Å². The van der Waals surface area contributed by atoms with Crippen molar-refractivity contribution in [2.75, 3.05) is 31.6 Å². The Morgan fingerprint density at radius 3 is 2.43 bits per heavy atom. The number of aliphatic imine (C=N–C) groups is 1. The summed E-state index contributed by atoms with van der Waals surface area (Å²) >= 11 is 0. The zero-order valence-electron chi connectivity index (χ0n) is 20.0. The van der Waals surface area contributed by atoms with Gasteiger partial charge >= 0.3 is 6.01 Å². The SMILES string of the molecule is CN1CCN=C1c1cccc(Oc2nc(N)c(N)c(Oc3cc(C#N)ccc3Oc3ccccc3)n2)c1. The van der Waals surface area contributed by atoms with Crippen molar-refractivity contribution in [2.45, 2.75) is 0 Å². The molecule has 1 aromatic heterocycles. The lowest BCUT2D eigenvalue weighted by atomic mass is 10.2. The van der Waals surface area contributed by atoms with E-state index in [2.05, 4.69) is 25.9 Å². The van der Waals surface area contributed by atoms with Crippen LogP contribution in [0, 0.1) is 11.3 Å². The Hall–Kier alpha value is -5.30. The Balaban J connectivity index is 1.44. The summed E-state index contributed by atoms with van der Waals surface area (Å²) in [5.41, 5.74) is 13.5. The molecule has 10 heteroatoms. The molecule has 0 amide bonds. The molecule has 0 fully saturated rings. The Labute approximate surface area is 213 Å². The summed E-state index contributed by atoms with van der Waals surface area (Å²) in [5.74, 6) is 2.50. The summed E-state index contributed by atoms with van der Waals surface area (Å²) in [6.07, 6.45) is 0. The average Bonchev–Trinajstić information content (AvgIpc) is 3.34. The van der Waals surface area contributed by atoms with E-state index in [1.807, 2.05) is 43.4 Å². The van der Waals surface area contributed by atoms with E-state index in [1.165, 1.54) is 6.07 Å². The van der Waals surface area contributed by atoms with E-state index < -0.39 is 0 Å². The van der Waals surface area contributed by atoms with Gasteiger partial charge in [0.05, 0.1) is 18.2 Å². The first-order valence-corrected chi connectivity index (χ1v) is 11.4. The van der Waals surface area contributed by atoms with Gasteiger partial charge in [0.2, 0.25) is 0 Å². The van der Waals surface area contributed by atoms with E-state index in [4.69, 9.17) is 25.7 Å². The van der Waals surface area contributed by atoms with Crippen LogP contribution in [0.1, 0.15) is 11.1 Å². The van der Waals surface area contributed by atoms with Crippen molar-refractivity contribution in [3.8, 4) is 41.0 Å². The molecule has 5 rings (SSSR count). The zero-order valence-corrected chi connectivity index (χ0v) is 20.0. The molecule has 4 aromatic rings. The van der Waals surface area contributed by atoms with Crippen molar-refractivity contribution in [3.05, 3.63) is 83.9 Å². The van der Waals surface area contributed by atoms with E-state index in [9.17, 15) is 5.26 Å². The van der Waals surface area contributed by atoms with Crippen LogP contribution >= 0.6 is 0 Å². The highest BCUT2D eigenvalue weighted by molar-refractivity contribution is 5.99. The Morgan fingerprint density at radius 2 is 1.68 bits per heavy atom. The number of aromatic nitrogens is 2. The van der Waals surface area contributed by atoms with Gasteiger partial charge in [-0.15, -0.1) is 0 Å². The highest BCUT2D eigenvalue weighted by atomic mass is 16.5. The Morgan fingerprint density at radius 1 is 0.865 bits per heavy atom. The normalized spacial score (nSPS) is 12.5. The molecule has 10 nitrogen and oxygen atoms in total. The van der Waals surface area contributed by atoms with Crippen molar-refractivity contribution >= 4 is 17.3 Å². The fourth-order valence-corrected chi connectivity index (χ4v) is 3.68. The number of hydrogen-bond acceptors (Lipinski definition) is 10. The second kappa shape index (κ2) is 10.1. The summed E-state index contributed by atoms with van der Waals surface area (Å²) in [7, 11) is 1.99. The molecule has 0 bridgehead atoms. The Kier molecular flexibility index (Phi) is 6.42. The minimum absolute atomic E-state index is 0.0157. The molecule has 0 aliphatic carbocycles. The highest BCUT2D eigenvalue weighted by Crippen LogP contribution is 2.38. The monoisotopic (exact) mass is 493 g/mol. The van der Waals surface area contributed by atoms with E-state index in [1.54, 1.807) is 30.3 Å². The number of ether oxygens (including phenoxy) is 3. The fraction of sp³-hybridized carbons (Fsp3) is 0.111. The number of nitrogens with zero attached hydrogens (tertiary/aromatic N) is 5. The summed E-state index contributed by atoms with van der Waals surface area (Å²) in [6.45, 7) is 1.61. The molecule has 1 aliphatic rings. The van der Waals surface area contributed by atoms with Gasteiger partial charge in [-0.1, -0.05) is 30.3 Å². The molecule has 3 aromatic carbocycles. The predicted octanol–water partition coefficient (Wildman–Crippen LogP) is 4.58. The minimum Gasteiger partial charge on any atom is -0.453 e. The third-order valence-corrected chi connectivity index (χ3v) is 5.53. The largest absolute Gasteiger partial charge is 0.453 e. The van der Waals surface area contributed by atoms with Crippen LogP contribution in [-0.4, -0.2) is 40.8 Å². The summed E-state index contributed by atoms with van der Waals surface area (Å²) in [6, 6.07) is 23.4. The van der Waals surface area contributed by atoms with Crippen molar-refractivity contribution < 1.29 is 14.2 Å². The van der Waals surface area contributed by atoms with E-state index >= 15 is 0 Å². The molecule has 0 radical (unpaired) electrons. The lowest BCUT2D eigenvalue weighted by Gasteiger charge is -2.15. The third-order valence-electron chi connectivity index (χ3n) is 5.53. The van der Waals surface area contributed by atoms with Crippen LogP contribution in [0.3, 0.4) is 0 Å². The number of anilines is 2. The first-order chi connectivity index (χ1) is 18.0. The van der Waals surface area contributed by atoms with Gasteiger partial charge in [0.25, 0.3) is 5.88 Å². The second-order valence-corrected chi connectivity index (χ2v) is 8.16. The lowest BCUT2D eigenvalue weighted by molar-refractivity contribution is 0.393. The maximum atomic E-state index is 9.38. The van der Waals surface area contributed by atoms with Gasteiger partial charge in [-0.05, 0) is 36.4 Å². The molecule has 0 spiro atoms. The van der Waals surface area contributed by atoms with Gasteiger partial charge in [-0.3, -0.25) is 4.99 Å². The van der Waals surface area contributed by atoms with E-state index in [-0.39, 0.29) is 29.1 Å². The quantitative estimate of drug-likeness (QED) is 0.378. The molecule has 0 saturated heterocycles. The molecule has 1 aliphatic heterocycles. The predicted molar refractivity (Wildman–Crippen MR) is 139 cm³/mol. The van der Waals surface area contributed by atoms with Gasteiger partial charge in [0.15, 0.2) is 17.3 Å². The number of benzene rings is 3. The number of para-hydroxylation sites is 1. The smallest absolute Gasteiger partial charge is 0.327 e. The van der Waals surface area contributed by atoms with Crippen molar-refractivity contribution in [3.63, 3.8) is 0 Å². The first-order valence-electron chi connectivity index (χ1n) is 11.4. The first kappa shape index (κ1) is 23.4. The molecule has 4 N–H and O–H groups in total. The molecule has 184 valence electrons. The molecular formula is C27H23N7O3. The highest BCUT2D eigenvalue weighted by Gasteiger charge is 2.18. The van der Waals surface area contributed by atoms with Crippen LogP contribution in [-0.2, 0) is 0 Å². The van der Waals surface area contributed by atoms with Crippen molar-refractivity contribution in [1.82, 2.24) is 14.9 Å². The molecule has 0 unspecified atom stereocenters. The van der Waals surface area contributed by atoms with Gasteiger partial charge in [0.1, 0.15) is 23.0 Å². The summed E-state index contributed by atoms with van der Waals surface area (Å²) in [4.78, 5) is 15.1. The summed E-state index contributed by atoms with van der Waals surface area (Å²) < 4.78 is 17.9. The van der Waals surface area contributed by atoms with Crippen LogP contribution < -0.4 is 25.7 Å². The maximum absolute atomic E-state index is 9.38. The third kappa shape index (κ3) is 5.21. The molecule has 0 atom stereocenters. The minimum atomic E-state index is -0.0532. The number of amidine groups is 1. The van der Waals surface area contributed by atoms with E-state index in [0.29, 0.717) is 22.8 Å². The zero-order chi connectivity index (χ0) is 25.8. The number of rotatable bonds is 7. The maximum Gasteiger partial charge on any atom is 0.327 e. The number of likely N-dealkylation sites (N-methyl/N-ethyl adjacent to an activating group) is 1. The average molecular weight is 494 g/mol. The molecular weight excluding hydrogens is 470 g/mol. The summed E-state index contributed by atoms with van der Waals surface area (Å²) in [5, 5.41) is 9.38. The second-order valence-electron chi connectivity index (χ2n) is 8.16. The topological polar surface area (TPSA) is 145 Å². The molecule has 0 saturated carbocycles. The molecule has 37 heavy (non-hydrogen) atoms. The van der Waals surface area contributed by atoms with Crippen LogP contribution in [0.25, 0.3) is 0 Å². The van der Waals surface area contributed by atoms with Crippen LogP contribution in [0.5, 0.6) is 34.9 Å². The number of hydrogen-bond donors (Lipinski definition) is 2. The lowest BCUT2D eigenvalue weighted by Crippen LogP contribution is -2.23. The van der Waals surface area contributed by atoms with Gasteiger partial charge in [-0.2, -0.15) is 15.2 Å². The van der Waals surface area contributed by atoms with Gasteiger partial charge in [0, 0.05) is 25.2 Å². The van der Waals surface area contributed by atoms with E-state index in [0.717, 1.165) is 24.5 Å². The van der Waals surface area contributed by atoms with Crippen molar-refractivity contribution in [2.24, 2.45) is 4.99 Å². The van der Waals surface area contributed by atoms with Crippen molar-refractivity contribution in [1.29, 1.82) is 5.26 Å². The number of nitriles is 1.